The van der Waals surface area contributed by atoms with Crippen LogP contribution >= 0.6 is 23.5 Å². The van der Waals surface area contributed by atoms with Gasteiger partial charge in [0.05, 0.1) is 0 Å². The number of carbonyl (C=O) groups excluding carboxylic acids is 1. The van der Waals surface area contributed by atoms with Gasteiger partial charge in [-0.1, -0.05) is 0 Å². The molecule has 5 heteroatoms. The van der Waals surface area contributed by atoms with Crippen LogP contribution in [0.3, 0.4) is 0 Å². The molecule has 0 aromatic rings. The summed E-state index contributed by atoms with van der Waals surface area (Å²) >= 11 is 3.38. The van der Waals surface area contributed by atoms with E-state index >= 15 is 0 Å². The van der Waals surface area contributed by atoms with Crippen molar-refractivity contribution in [2.24, 2.45) is 0 Å². The number of ether oxygens (including phenoxy) is 1. The highest BCUT2D eigenvalue weighted by Crippen LogP contribution is 2.25. The van der Waals surface area contributed by atoms with Gasteiger partial charge in [0.1, 0.15) is 11.3 Å². The summed E-state index contributed by atoms with van der Waals surface area (Å²) in [4.78, 5) is 11.4. The van der Waals surface area contributed by atoms with Gasteiger partial charge in [-0.05, 0) is 6.92 Å². The van der Waals surface area contributed by atoms with Crippen molar-refractivity contribution in [3.05, 3.63) is 0 Å². The van der Waals surface area contributed by atoms with Gasteiger partial charge in [-0.2, -0.15) is 17.0 Å². The molecule has 0 saturated carbocycles. The van der Waals surface area contributed by atoms with E-state index in [4.69, 9.17) is 10.00 Å². The van der Waals surface area contributed by atoms with E-state index in [9.17, 15) is 4.79 Å². The zero-order valence-electron chi connectivity index (χ0n) is 7.36. The van der Waals surface area contributed by atoms with Gasteiger partial charge in [-0.25, -0.2) is 0 Å². The van der Waals surface area contributed by atoms with E-state index in [1.807, 2.05) is 6.07 Å². The van der Waals surface area contributed by atoms with Crippen LogP contribution in [0, 0.1) is 11.3 Å². The third-order valence-electron chi connectivity index (χ3n) is 1.55. The van der Waals surface area contributed by atoms with Gasteiger partial charge in [0.15, 0.2) is 6.10 Å². The molecule has 1 fully saturated rings. The van der Waals surface area contributed by atoms with Crippen molar-refractivity contribution in [2.45, 2.75) is 18.3 Å². The normalized spacial score (nSPS) is 24.5. The first-order chi connectivity index (χ1) is 6.24. The molecule has 2 unspecified atom stereocenters. The van der Waals surface area contributed by atoms with Gasteiger partial charge in [-0.3, -0.25) is 4.79 Å². The number of thioether (sulfide) groups is 2. The third-order valence-corrected chi connectivity index (χ3v) is 4.29. The van der Waals surface area contributed by atoms with E-state index in [-0.39, 0.29) is 11.2 Å². The number of rotatable bonds is 2. The summed E-state index contributed by atoms with van der Waals surface area (Å²) in [6.07, 6.45) is -0.625. The van der Waals surface area contributed by atoms with Gasteiger partial charge < -0.3 is 4.74 Å². The lowest BCUT2D eigenvalue weighted by Crippen LogP contribution is -2.28. The largest absolute Gasteiger partial charge is 0.446 e. The predicted octanol–water partition coefficient (Wildman–Crippen LogP) is 1.29. The zero-order valence-corrected chi connectivity index (χ0v) is 8.99. The molecular weight excluding hydrogens is 206 g/mol. The summed E-state index contributed by atoms with van der Waals surface area (Å²) in [6.45, 7) is 1.58. The second-order valence-corrected chi connectivity index (χ2v) is 5.10. The Morgan fingerprint density at radius 1 is 1.69 bits per heavy atom. The smallest absolute Gasteiger partial charge is 0.321 e. The highest BCUT2D eigenvalue weighted by atomic mass is 32.2. The van der Waals surface area contributed by atoms with E-state index in [0.717, 1.165) is 17.3 Å². The molecule has 13 heavy (non-hydrogen) atoms. The fourth-order valence-corrected chi connectivity index (χ4v) is 3.42. The lowest BCUT2D eigenvalue weighted by molar-refractivity contribution is -0.144. The zero-order chi connectivity index (χ0) is 9.68. The minimum atomic E-state index is -0.625. The van der Waals surface area contributed by atoms with Crippen LogP contribution in [0.15, 0.2) is 0 Å². The molecule has 72 valence electrons. The fraction of sp³-hybridized carbons (Fsp3) is 0.750. The molecule has 0 bridgehead atoms. The van der Waals surface area contributed by atoms with Crippen LogP contribution in [0.2, 0.25) is 0 Å². The van der Waals surface area contributed by atoms with Crippen LogP contribution in [0.5, 0.6) is 0 Å². The predicted molar refractivity (Wildman–Crippen MR) is 54.7 cm³/mol. The Bertz CT molecular complexity index is 221. The van der Waals surface area contributed by atoms with Crippen molar-refractivity contribution in [3.8, 4) is 6.07 Å². The summed E-state index contributed by atoms with van der Waals surface area (Å²) in [5.41, 5.74) is 0. The summed E-state index contributed by atoms with van der Waals surface area (Å²) < 4.78 is 4.90. The Hall–Kier alpha value is -0.340. The van der Waals surface area contributed by atoms with Crippen LogP contribution in [0.25, 0.3) is 0 Å². The number of nitrogens with zero attached hydrogens (tertiary/aromatic N) is 1. The number of esters is 1. The Balaban J connectivity index is 2.34. The Kier molecular flexibility index (Phi) is 4.46. The molecule has 1 rings (SSSR count). The van der Waals surface area contributed by atoms with Crippen LogP contribution in [0.4, 0.5) is 0 Å². The van der Waals surface area contributed by atoms with Crippen molar-refractivity contribution >= 4 is 29.5 Å². The first-order valence-electron chi connectivity index (χ1n) is 4.03. The summed E-state index contributed by atoms with van der Waals surface area (Å²) in [6, 6.07) is 1.88. The summed E-state index contributed by atoms with van der Waals surface area (Å²) in [5, 5.41) is 8.37. The van der Waals surface area contributed by atoms with Gasteiger partial charge in [0, 0.05) is 17.3 Å². The first kappa shape index (κ1) is 10.7. The number of nitriles is 1. The average Bonchev–Trinajstić information content (AvgIpc) is 2.19. The van der Waals surface area contributed by atoms with E-state index < -0.39 is 6.10 Å². The van der Waals surface area contributed by atoms with Crippen LogP contribution < -0.4 is 0 Å². The Labute approximate surface area is 86.2 Å². The maximum atomic E-state index is 11.4. The first-order valence-corrected chi connectivity index (χ1v) is 6.24. The van der Waals surface area contributed by atoms with E-state index in [2.05, 4.69) is 0 Å². The lowest BCUT2D eigenvalue weighted by Gasteiger charge is -2.19. The van der Waals surface area contributed by atoms with Crippen molar-refractivity contribution in [2.75, 3.05) is 17.3 Å². The monoisotopic (exact) mass is 217 g/mol. The Morgan fingerprint density at radius 3 is 3.00 bits per heavy atom. The molecule has 0 spiro atoms. The molecule has 1 aliphatic heterocycles. The molecule has 1 aliphatic rings. The summed E-state index contributed by atoms with van der Waals surface area (Å²) in [7, 11) is 0. The second-order valence-electron chi connectivity index (χ2n) is 2.64. The molecule has 0 N–H and O–H groups in total. The topological polar surface area (TPSA) is 50.1 Å². The Morgan fingerprint density at radius 2 is 2.46 bits per heavy atom. The molecule has 0 amide bonds. The second kappa shape index (κ2) is 5.40. The molecule has 0 aromatic carbocycles. The number of hydrogen-bond donors (Lipinski definition) is 0. The highest BCUT2D eigenvalue weighted by molar-refractivity contribution is 8.07. The molecule has 2 atom stereocenters. The van der Waals surface area contributed by atoms with Crippen molar-refractivity contribution in [1.29, 1.82) is 5.26 Å². The van der Waals surface area contributed by atoms with Crippen LogP contribution in [-0.4, -0.2) is 34.6 Å². The maximum absolute atomic E-state index is 11.4. The molecule has 1 heterocycles. The average molecular weight is 217 g/mol. The third kappa shape index (κ3) is 3.49. The highest BCUT2D eigenvalue weighted by Gasteiger charge is 2.24. The van der Waals surface area contributed by atoms with Crippen LogP contribution in [-0.2, 0) is 9.53 Å². The van der Waals surface area contributed by atoms with E-state index in [1.54, 1.807) is 30.4 Å². The van der Waals surface area contributed by atoms with Gasteiger partial charge in [0.2, 0.25) is 0 Å². The molecule has 3 nitrogen and oxygen atoms in total. The SMILES string of the molecule is CC(C#N)OC(=O)C1CSCCS1. The van der Waals surface area contributed by atoms with Gasteiger partial charge in [-0.15, -0.1) is 11.8 Å². The van der Waals surface area contributed by atoms with Crippen molar-refractivity contribution < 1.29 is 9.53 Å². The van der Waals surface area contributed by atoms with Crippen molar-refractivity contribution in [3.63, 3.8) is 0 Å². The molecule has 0 radical (unpaired) electrons. The van der Waals surface area contributed by atoms with Gasteiger partial charge in [0.25, 0.3) is 0 Å². The van der Waals surface area contributed by atoms with Crippen LogP contribution in [0.1, 0.15) is 6.92 Å². The quantitative estimate of drug-likeness (QED) is 0.652. The molecule has 0 aromatic heterocycles. The van der Waals surface area contributed by atoms with E-state index in [0.29, 0.717) is 0 Å². The number of hydrogen-bond acceptors (Lipinski definition) is 5. The standard InChI is InChI=1S/C8H11NO2S2/c1-6(4-9)11-8(10)7-5-12-2-3-13-7/h6-7H,2-3,5H2,1H3. The minimum Gasteiger partial charge on any atom is -0.446 e. The molecule has 1 saturated heterocycles. The minimum absolute atomic E-state index is 0.0745. The lowest BCUT2D eigenvalue weighted by atomic mass is 10.4. The number of carbonyl (C=O) groups is 1. The summed E-state index contributed by atoms with van der Waals surface area (Å²) in [5.74, 6) is 2.65. The molecule has 0 aliphatic carbocycles. The van der Waals surface area contributed by atoms with Gasteiger partial charge >= 0.3 is 5.97 Å². The fourth-order valence-electron chi connectivity index (χ4n) is 0.900. The molecular formula is C8H11NO2S2. The van der Waals surface area contributed by atoms with E-state index in [1.165, 1.54) is 0 Å². The van der Waals surface area contributed by atoms with Crippen molar-refractivity contribution in [1.82, 2.24) is 0 Å². The maximum Gasteiger partial charge on any atom is 0.321 e.